The molecule has 4 aromatic heterocycles. The number of hydrogen-bond donors (Lipinski definition) is 2. The zero-order chi connectivity index (χ0) is 18.6. The Bertz CT molecular complexity index is 1010. The van der Waals surface area contributed by atoms with Gasteiger partial charge in [-0.25, -0.2) is 9.97 Å². The predicted molar refractivity (Wildman–Crippen MR) is 111 cm³/mol. The van der Waals surface area contributed by atoms with Gasteiger partial charge in [-0.2, -0.15) is 21.2 Å². The first-order valence-corrected chi connectivity index (χ1v) is 10.4. The summed E-state index contributed by atoms with van der Waals surface area (Å²) < 4.78 is 6.53. The van der Waals surface area contributed by atoms with Crippen molar-refractivity contribution in [2.45, 2.75) is 5.75 Å². The first-order valence-electron chi connectivity index (χ1n) is 8.47. The van der Waals surface area contributed by atoms with Gasteiger partial charge in [0.1, 0.15) is 5.00 Å². The molecule has 0 unspecified atom stereocenters. The fourth-order valence-electron chi connectivity index (χ4n) is 2.59. The maximum absolute atomic E-state index is 4.53. The molecule has 0 saturated heterocycles. The molecule has 4 heterocycles. The number of nitrogens with zero attached hydrogens (tertiary/aromatic N) is 6. The number of nitrogens with one attached hydrogen (secondary N) is 2. The van der Waals surface area contributed by atoms with E-state index in [1.54, 1.807) is 12.4 Å². The van der Waals surface area contributed by atoms with Crippen LogP contribution in [0.3, 0.4) is 0 Å². The Kier molecular flexibility index (Phi) is 5.37. The van der Waals surface area contributed by atoms with Gasteiger partial charge in [-0.15, -0.1) is 0 Å². The minimum absolute atomic E-state index is 0.711. The van der Waals surface area contributed by atoms with Crippen molar-refractivity contribution in [2.75, 3.05) is 31.7 Å². The van der Waals surface area contributed by atoms with Crippen molar-refractivity contribution in [1.29, 1.82) is 0 Å². The van der Waals surface area contributed by atoms with E-state index in [0.29, 0.717) is 5.82 Å². The second kappa shape index (κ2) is 8.07. The Hall–Kier alpha value is -2.43. The van der Waals surface area contributed by atoms with Crippen LogP contribution in [0.1, 0.15) is 5.69 Å². The molecule has 0 aliphatic carbocycles. The number of aromatic nitrogens is 6. The van der Waals surface area contributed by atoms with Gasteiger partial charge in [0.2, 0.25) is 0 Å². The molecule has 0 atom stereocenters. The number of rotatable bonds is 8. The third kappa shape index (κ3) is 4.12. The van der Waals surface area contributed by atoms with Gasteiger partial charge in [-0.3, -0.25) is 9.50 Å². The van der Waals surface area contributed by atoms with Crippen molar-refractivity contribution in [3.8, 4) is 11.3 Å². The summed E-state index contributed by atoms with van der Waals surface area (Å²) >= 11 is 3.34. The minimum Gasteiger partial charge on any atom is -0.328 e. The largest absolute Gasteiger partial charge is 0.328 e. The van der Waals surface area contributed by atoms with Gasteiger partial charge in [-0.05, 0) is 31.7 Å². The quantitative estimate of drug-likeness (QED) is 0.439. The molecule has 27 heavy (non-hydrogen) atoms. The molecule has 10 heteroatoms. The Morgan fingerprint density at radius 2 is 2.22 bits per heavy atom. The number of fused-ring (bicyclic) bond motifs is 1. The predicted octanol–water partition coefficient (Wildman–Crippen LogP) is 3.11. The first-order chi connectivity index (χ1) is 13.2. The highest BCUT2D eigenvalue weighted by atomic mass is 32.2. The molecule has 0 aliphatic rings. The molecule has 2 N–H and O–H groups in total. The summed E-state index contributed by atoms with van der Waals surface area (Å²) in [6.45, 7) is 1.07. The molecule has 0 spiro atoms. The molecular weight excluding hydrogens is 380 g/mol. The number of hydrogen-bond acceptors (Lipinski definition) is 8. The Labute approximate surface area is 165 Å². The summed E-state index contributed by atoms with van der Waals surface area (Å²) in [5, 5.41) is 11.2. The van der Waals surface area contributed by atoms with Crippen molar-refractivity contribution in [3.05, 3.63) is 42.7 Å². The smallest absolute Gasteiger partial charge is 0.180 e. The summed E-state index contributed by atoms with van der Waals surface area (Å²) in [7, 11) is 4.18. The summed E-state index contributed by atoms with van der Waals surface area (Å²) in [5.74, 6) is 2.72. The SMILES string of the molecule is CN(C)CCSCc1cc(Nc2nccn3c(-c4cn[nH]c4)cnc23)sn1. The summed E-state index contributed by atoms with van der Waals surface area (Å²) in [4.78, 5) is 11.2. The van der Waals surface area contributed by atoms with Crippen molar-refractivity contribution in [1.82, 2.24) is 33.8 Å². The molecule has 4 rings (SSSR count). The van der Waals surface area contributed by atoms with Crippen LogP contribution in [0.5, 0.6) is 0 Å². The fourth-order valence-corrected chi connectivity index (χ4v) is 4.33. The van der Waals surface area contributed by atoms with Crippen LogP contribution in [0.15, 0.2) is 37.1 Å². The normalized spacial score (nSPS) is 11.5. The molecule has 0 radical (unpaired) electrons. The highest BCUT2D eigenvalue weighted by molar-refractivity contribution is 7.98. The second-order valence-electron chi connectivity index (χ2n) is 6.26. The standard InChI is InChI=1S/C17H20N8S2/c1-24(2)5-6-26-11-13-7-15(27-23-13)22-16-17-19-10-14(12-8-20-21-9-12)25(17)4-3-18-16/h3-4,7-10H,5-6,11H2,1-2H3,(H,18,22)(H,20,21). The zero-order valence-electron chi connectivity index (χ0n) is 15.1. The molecule has 0 bridgehead atoms. The van der Waals surface area contributed by atoms with E-state index in [0.717, 1.165) is 45.7 Å². The Morgan fingerprint density at radius 1 is 1.30 bits per heavy atom. The molecular formula is C17H20N8S2. The van der Waals surface area contributed by atoms with Crippen LogP contribution in [0.25, 0.3) is 16.9 Å². The van der Waals surface area contributed by atoms with Crippen LogP contribution in [-0.4, -0.2) is 60.2 Å². The van der Waals surface area contributed by atoms with Gasteiger partial charge in [0.05, 0.1) is 23.8 Å². The van der Waals surface area contributed by atoms with Crippen LogP contribution in [0.2, 0.25) is 0 Å². The maximum atomic E-state index is 4.53. The minimum atomic E-state index is 0.711. The van der Waals surface area contributed by atoms with Crippen LogP contribution < -0.4 is 5.32 Å². The molecule has 0 amide bonds. The molecule has 4 aromatic rings. The van der Waals surface area contributed by atoms with E-state index in [9.17, 15) is 0 Å². The van der Waals surface area contributed by atoms with Crippen molar-refractivity contribution < 1.29 is 0 Å². The summed E-state index contributed by atoms with van der Waals surface area (Å²) in [6.07, 6.45) is 9.11. The molecule has 8 nitrogen and oxygen atoms in total. The lowest BCUT2D eigenvalue weighted by Crippen LogP contribution is -2.14. The molecule has 0 aromatic carbocycles. The highest BCUT2D eigenvalue weighted by Gasteiger charge is 2.12. The fraction of sp³-hybridized carbons (Fsp3) is 0.294. The van der Waals surface area contributed by atoms with E-state index in [-0.39, 0.29) is 0 Å². The van der Waals surface area contributed by atoms with Crippen molar-refractivity contribution >= 4 is 39.8 Å². The summed E-state index contributed by atoms with van der Waals surface area (Å²) in [5.41, 5.74) is 3.80. The van der Waals surface area contributed by atoms with Gasteiger partial charge >= 0.3 is 0 Å². The average molecular weight is 401 g/mol. The third-order valence-corrected chi connectivity index (χ3v) is 5.67. The van der Waals surface area contributed by atoms with Crippen LogP contribution >= 0.6 is 23.3 Å². The topological polar surface area (TPSA) is 87.0 Å². The lowest BCUT2D eigenvalue weighted by Gasteiger charge is -2.07. The summed E-state index contributed by atoms with van der Waals surface area (Å²) in [6, 6.07) is 2.08. The van der Waals surface area contributed by atoms with Gasteiger partial charge < -0.3 is 10.2 Å². The van der Waals surface area contributed by atoms with E-state index in [4.69, 9.17) is 0 Å². The number of H-pyrrole nitrogens is 1. The molecule has 0 aliphatic heterocycles. The monoisotopic (exact) mass is 400 g/mol. The lowest BCUT2D eigenvalue weighted by molar-refractivity contribution is 0.437. The number of anilines is 2. The van der Waals surface area contributed by atoms with Gasteiger partial charge in [-0.1, -0.05) is 0 Å². The average Bonchev–Trinajstić information content (AvgIpc) is 3.39. The van der Waals surface area contributed by atoms with Gasteiger partial charge in [0.25, 0.3) is 0 Å². The third-order valence-electron chi connectivity index (χ3n) is 3.96. The van der Waals surface area contributed by atoms with Crippen LogP contribution in [0.4, 0.5) is 10.8 Å². The first kappa shape index (κ1) is 18.0. The zero-order valence-corrected chi connectivity index (χ0v) is 16.7. The number of aromatic amines is 1. The second-order valence-corrected chi connectivity index (χ2v) is 8.17. The van der Waals surface area contributed by atoms with Gasteiger partial charge in [0.15, 0.2) is 11.5 Å². The lowest BCUT2D eigenvalue weighted by atomic mass is 10.3. The number of thioether (sulfide) groups is 1. The van der Waals surface area contributed by atoms with Crippen LogP contribution in [0, 0.1) is 0 Å². The van der Waals surface area contributed by atoms with E-state index < -0.39 is 0 Å². The van der Waals surface area contributed by atoms with Crippen molar-refractivity contribution in [2.24, 2.45) is 0 Å². The Morgan fingerprint density at radius 3 is 3.04 bits per heavy atom. The molecule has 0 fully saturated rings. The van der Waals surface area contributed by atoms with Crippen molar-refractivity contribution in [3.63, 3.8) is 0 Å². The van der Waals surface area contributed by atoms with E-state index in [1.165, 1.54) is 11.5 Å². The van der Waals surface area contributed by atoms with E-state index >= 15 is 0 Å². The number of imidazole rings is 1. The maximum Gasteiger partial charge on any atom is 0.180 e. The van der Waals surface area contributed by atoms with E-state index in [1.807, 2.05) is 34.8 Å². The Balaban J connectivity index is 1.48. The highest BCUT2D eigenvalue weighted by Crippen LogP contribution is 2.27. The van der Waals surface area contributed by atoms with Crippen LogP contribution in [-0.2, 0) is 5.75 Å². The van der Waals surface area contributed by atoms with E-state index in [2.05, 4.69) is 54.9 Å². The molecule has 140 valence electrons. The molecule has 0 saturated carbocycles. The van der Waals surface area contributed by atoms with Gasteiger partial charge in [0, 0.05) is 42.2 Å².